The van der Waals surface area contributed by atoms with E-state index in [1.165, 1.54) is 12.8 Å². The topological polar surface area (TPSA) is 108 Å². The molecule has 2 aromatic heterocycles. The van der Waals surface area contributed by atoms with Crippen molar-refractivity contribution in [2.45, 2.75) is 51.4 Å². The first-order chi connectivity index (χ1) is 13.6. The first kappa shape index (κ1) is 17.2. The van der Waals surface area contributed by atoms with Crippen molar-refractivity contribution in [1.29, 1.82) is 0 Å². The van der Waals surface area contributed by atoms with Crippen LogP contribution in [0.1, 0.15) is 44.7 Å². The van der Waals surface area contributed by atoms with Crippen LogP contribution in [0.2, 0.25) is 0 Å². The Bertz CT molecular complexity index is 1020. The Labute approximate surface area is 162 Å². The Morgan fingerprint density at radius 3 is 2.89 bits per heavy atom. The third kappa shape index (κ3) is 3.24. The highest BCUT2D eigenvalue weighted by molar-refractivity contribution is 5.88. The Kier molecular flexibility index (Phi) is 4.08. The number of benzene rings is 1. The van der Waals surface area contributed by atoms with Gasteiger partial charge in [0.1, 0.15) is 0 Å². The first-order valence-electron chi connectivity index (χ1n) is 9.83. The molecule has 2 atom stereocenters. The summed E-state index contributed by atoms with van der Waals surface area (Å²) in [5.74, 6) is 1.13. The second kappa shape index (κ2) is 6.63. The molecule has 2 unspecified atom stereocenters. The van der Waals surface area contributed by atoms with Gasteiger partial charge in [0.15, 0.2) is 0 Å². The molecule has 2 fully saturated rings. The van der Waals surface area contributed by atoms with E-state index >= 15 is 0 Å². The van der Waals surface area contributed by atoms with Crippen LogP contribution in [0.3, 0.4) is 0 Å². The molecule has 1 aliphatic carbocycles. The van der Waals surface area contributed by atoms with E-state index < -0.39 is 0 Å². The van der Waals surface area contributed by atoms with Crippen LogP contribution in [0.4, 0.5) is 6.01 Å². The Hall–Kier alpha value is -2.87. The summed E-state index contributed by atoms with van der Waals surface area (Å²) in [6.45, 7) is 4.04. The molecule has 8 heteroatoms. The van der Waals surface area contributed by atoms with Crippen molar-refractivity contribution in [2.24, 2.45) is 5.92 Å². The van der Waals surface area contributed by atoms with E-state index in [4.69, 9.17) is 4.42 Å². The third-order valence-electron chi connectivity index (χ3n) is 5.35. The van der Waals surface area contributed by atoms with E-state index in [1.807, 2.05) is 38.2 Å². The monoisotopic (exact) mass is 380 g/mol. The summed E-state index contributed by atoms with van der Waals surface area (Å²) < 4.78 is 5.74. The van der Waals surface area contributed by atoms with Crippen molar-refractivity contribution in [3.05, 3.63) is 30.0 Å². The molecule has 0 spiro atoms. The highest BCUT2D eigenvalue weighted by Crippen LogP contribution is 2.36. The van der Waals surface area contributed by atoms with Gasteiger partial charge in [0.25, 0.3) is 0 Å². The quantitative estimate of drug-likeness (QED) is 0.542. The molecule has 28 heavy (non-hydrogen) atoms. The summed E-state index contributed by atoms with van der Waals surface area (Å²) in [5, 5.41) is 19.1. The lowest BCUT2D eigenvalue weighted by molar-refractivity contribution is -0.124. The fourth-order valence-corrected chi connectivity index (χ4v) is 3.83. The number of aromatic nitrogens is 3. The van der Waals surface area contributed by atoms with Gasteiger partial charge in [-0.2, -0.15) is 0 Å². The van der Waals surface area contributed by atoms with E-state index in [1.54, 1.807) is 0 Å². The summed E-state index contributed by atoms with van der Waals surface area (Å²) in [4.78, 5) is 15.5. The van der Waals surface area contributed by atoms with Gasteiger partial charge in [-0.25, -0.2) is 0 Å². The number of hydrogen-bond acceptors (Lipinski definition) is 6. The first-order valence-corrected chi connectivity index (χ1v) is 9.83. The highest BCUT2D eigenvalue weighted by atomic mass is 16.4. The Morgan fingerprint density at radius 2 is 2.11 bits per heavy atom. The molecule has 146 valence electrons. The fourth-order valence-electron chi connectivity index (χ4n) is 3.83. The molecule has 1 aromatic carbocycles. The number of fused-ring (bicyclic) bond motifs is 1. The van der Waals surface area contributed by atoms with Gasteiger partial charge in [0.2, 0.25) is 11.8 Å². The van der Waals surface area contributed by atoms with Crippen LogP contribution >= 0.6 is 0 Å². The minimum Gasteiger partial charge on any atom is -0.403 e. The van der Waals surface area contributed by atoms with Crippen molar-refractivity contribution in [1.82, 2.24) is 25.8 Å². The van der Waals surface area contributed by atoms with Gasteiger partial charge in [-0.3, -0.25) is 10.1 Å². The SMILES string of the molecule is CC(C)Nc1nnc(-c2ccc3[nH]cc(C4CC(=O)NC(C5CC5)N4)c3c2)o1. The number of aromatic amines is 1. The summed E-state index contributed by atoms with van der Waals surface area (Å²) in [5.41, 5.74) is 2.98. The van der Waals surface area contributed by atoms with Gasteiger partial charge >= 0.3 is 6.01 Å². The molecule has 0 bridgehead atoms. The second-order valence-corrected chi connectivity index (χ2v) is 8.02. The average molecular weight is 380 g/mol. The largest absolute Gasteiger partial charge is 0.403 e. The molecule has 1 aliphatic heterocycles. The zero-order valence-electron chi connectivity index (χ0n) is 16.0. The number of amides is 1. The summed E-state index contributed by atoms with van der Waals surface area (Å²) in [6, 6.07) is 6.64. The van der Waals surface area contributed by atoms with Crippen molar-refractivity contribution in [3.63, 3.8) is 0 Å². The lowest BCUT2D eigenvalue weighted by Gasteiger charge is -2.31. The molecular weight excluding hydrogens is 356 g/mol. The molecule has 4 N–H and O–H groups in total. The number of nitrogens with zero attached hydrogens (tertiary/aromatic N) is 2. The van der Waals surface area contributed by atoms with E-state index in [0.717, 1.165) is 22.0 Å². The van der Waals surface area contributed by atoms with Crippen LogP contribution in [-0.2, 0) is 4.79 Å². The summed E-state index contributed by atoms with van der Waals surface area (Å²) in [7, 11) is 0. The molecule has 3 heterocycles. The van der Waals surface area contributed by atoms with E-state index in [2.05, 4.69) is 31.1 Å². The van der Waals surface area contributed by atoms with Gasteiger partial charge in [-0.15, -0.1) is 5.10 Å². The zero-order valence-corrected chi connectivity index (χ0v) is 16.0. The van der Waals surface area contributed by atoms with Crippen molar-refractivity contribution in [3.8, 4) is 11.5 Å². The van der Waals surface area contributed by atoms with Crippen molar-refractivity contribution >= 4 is 22.8 Å². The number of rotatable bonds is 5. The standard InChI is InChI=1S/C20H24N6O2/c1-10(2)22-20-26-25-19(28-20)12-5-6-15-13(7-12)14(9-21-15)16-8-17(27)24-18(23-16)11-3-4-11/h5-7,9-11,16,18,21,23H,3-4,8H2,1-2H3,(H,22,26)(H,24,27). The Morgan fingerprint density at radius 1 is 1.25 bits per heavy atom. The number of carbonyl (C=O) groups is 1. The second-order valence-electron chi connectivity index (χ2n) is 8.02. The molecular formula is C20H24N6O2. The maximum atomic E-state index is 12.2. The van der Waals surface area contributed by atoms with Crippen LogP contribution in [-0.4, -0.2) is 33.3 Å². The summed E-state index contributed by atoms with van der Waals surface area (Å²) >= 11 is 0. The molecule has 3 aromatic rings. The predicted molar refractivity (Wildman–Crippen MR) is 105 cm³/mol. The molecule has 1 saturated carbocycles. The van der Waals surface area contributed by atoms with Crippen LogP contribution < -0.4 is 16.0 Å². The number of carbonyl (C=O) groups excluding carboxylic acids is 1. The third-order valence-corrected chi connectivity index (χ3v) is 5.35. The molecule has 2 aliphatic rings. The number of nitrogens with one attached hydrogen (secondary N) is 4. The minimum absolute atomic E-state index is 0.01000. The number of H-pyrrole nitrogens is 1. The number of hydrogen-bond donors (Lipinski definition) is 4. The smallest absolute Gasteiger partial charge is 0.315 e. The average Bonchev–Trinajstić information content (AvgIpc) is 3.27. The normalized spacial score (nSPS) is 22.6. The molecule has 1 saturated heterocycles. The highest BCUT2D eigenvalue weighted by Gasteiger charge is 2.37. The Balaban J connectivity index is 1.46. The minimum atomic E-state index is -0.01000. The molecule has 1 amide bonds. The van der Waals surface area contributed by atoms with Gasteiger partial charge in [-0.05, 0) is 56.4 Å². The van der Waals surface area contributed by atoms with Gasteiger partial charge in [0.05, 0.1) is 6.17 Å². The van der Waals surface area contributed by atoms with Crippen LogP contribution in [0, 0.1) is 5.92 Å². The van der Waals surface area contributed by atoms with Crippen LogP contribution in [0.25, 0.3) is 22.4 Å². The fraction of sp³-hybridized carbons (Fsp3) is 0.450. The van der Waals surface area contributed by atoms with Crippen LogP contribution in [0.15, 0.2) is 28.8 Å². The van der Waals surface area contributed by atoms with Gasteiger partial charge in [-0.1, -0.05) is 5.10 Å². The lowest BCUT2D eigenvalue weighted by atomic mass is 9.98. The van der Waals surface area contributed by atoms with Crippen molar-refractivity contribution in [2.75, 3.05) is 5.32 Å². The predicted octanol–water partition coefficient (Wildman–Crippen LogP) is 2.92. The zero-order chi connectivity index (χ0) is 19.3. The van der Waals surface area contributed by atoms with Gasteiger partial charge < -0.3 is 20.0 Å². The van der Waals surface area contributed by atoms with E-state index in [0.29, 0.717) is 24.2 Å². The lowest BCUT2D eigenvalue weighted by Crippen LogP contribution is -2.53. The van der Waals surface area contributed by atoms with Gasteiger partial charge in [0, 0.05) is 41.2 Å². The molecule has 5 rings (SSSR count). The number of anilines is 1. The van der Waals surface area contributed by atoms with Crippen LogP contribution in [0.5, 0.6) is 0 Å². The molecule has 8 nitrogen and oxygen atoms in total. The summed E-state index contributed by atoms with van der Waals surface area (Å²) in [6.07, 6.45) is 4.84. The van der Waals surface area contributed by atoms with Crippen molar-refractivity contribution < 1.29 is 9.21 Å². The maximum Gasteiger partial charge on any atom is 0.315 e. The molecule has 0 radical (unpaired) electrons. The maximum absolute atomic E-state index is 12.2. The van der Waals surface area contributed by atoms with E-state index in [9.17, 15) is 4.79 Å². The van der Waals surface area contributed by atoms with E-state index in [-0.39, 0.29) is 24.2 Å².